The minimum atomic E-state index is -3.35. The van der Waals surface area contributed by atoms with Crippen molar-refractivity contribution in [1.82, 2.24) is 14.2 Å². The molecule has 0 aliphatic carbocycles. The molecule has 3 rings (SSSR count). The van der Waals surface area contributed by atoms with Gasteiger partial charge in [-0.05, 0) is 32.3 Å². The van der Waals surface area contributed by atoms with Crippen molar-refractivity contribution in [2.75, 3.05) is 27.2 Å². The molecule has 1 aromatic heterocycles. The quantitative estimate of drug-likeness (QED) is 0.855. The van der Waals surface area contributed by atoms with E-state index in [0.29, 0.717) is 24.0 Å². The SMILES string of the molecule is CN(C)C1CN(S(=O)(=O)c2ccc3ncsc3c2)C1. The fraction of sp³-hybridized carbons (Fsp3) is 0.417. The van der Waals surface area contributed by atoms with E-state index in [1.165, 1.54) is 15.6 Å². The Morgan fingerprint density at radius 2 is 2.11 bits per heavy atom. The lowest BCUT2D eigenvalue weighted by Crippen LogP contribution is -2.58. The summed E-state index contributed by atoms with van der Waals surface area (Å²) in [6.07, 6.45) is 0. The number of fused-ring (bicyclic) bond motifs is 1. The number of aromatic nitrogens is 1. The predicted octanol–water partition coefficient (Wildman–Crippen LogP) is 1.23. The fourth-order valence-electron chi connectivity index (χ4n) is 2.08. The van der Waals surface area contributed by atoms with E-state index in [1.54, 1.807) is 23.7 Å². The van der Waals surface area contributed by atoms with Gasteiger partial charge in [0.25, 0.3) is 0 Å². The van der Waals surface area contributed by atoms with E-state index in [0.717, 1.165) is 10.2 Å². The van der Waals surface area contributed by atoms with Gasteiger partial charge in [-0.2, -0.15) is 4.31 Å². The Hall–Kier alpha value is -1.02. The standard InChI is InChI=1S/C12H15N3O2S2/c1-14(2)9-6-15(7-9)19(16,17)10-3-4-11-12(5-10)18-8-13-11/h3-5,8-9H,6-7H2,1-2H3. The van der Waals surface area contributed by atoms with E-state index in [1.807, 2.05) is 14.1 Å². The summed E-state index contributed by atoms with van der Waals surface area (Å²) in [5.74, 6) is 0. The van der Waals surface area contributed by atoms with E-state index in [9.17, 15) is 8.42 Å². The van der Waals surface area contributed by atoms with Crippen LogP contribution in [0.4, 0.5) is 0 Å². The molecule has 1 fully saturated rings. The number of hydrogen-bond acceptors (Lipinski definition) is 5. The van der Waals surface area contributed by atoms with Crippen LogP contribution in [0.15, 0.2) is 28.6 Å². The minimum absolute atomic E-state index is 0.321. The highest BCUT2D eigenvalue weighted by Gasteiger charge is 2.37. The first kappa shape index (κ1) is 13.0. The molecule has 7 heteroatoms. The third-order valence-electron chi connectivity index (χ3n) is 3.50. The lowest BCUT2D eigenvalue weighted by Gasteiger charge is -2.41. The monoisotopic (exact) mass is 297 g/mol. The van der Waals surface area contributed by atoms with Crippen molar-refractivity contribution < 1.29 is 8.42 Å². The van der Waals surface area contributed by atoms with Crippen molar-refractivity contribution in [3.8, 4) is 0 Å². The lowest BCUT2D eigenvalue weighted by molar-refractivity contribution is 0.134. The van der Waals surface area contributed by atoms with Crippen molar-refractivity contribution >= 4 is 31.6 Å². The molecule has 0 saturated carbocycles. The zero-order valence-electron chi connectivity index (χ0n) is 10.8. The molecule has 102 valence electrons. The topological polar surface area (TPSA) is 53.5 Å². The summed E-state index contributed by atoms with van der Waals surface area (Å²) in [6.45, 7) is 1.13. The zero-order valence-corrected chi connectivity index (χ0v) is 12.4. The lowest BCUT2D eigenvalue weighted by atomic mass is 10.2. The van der Waals surface area contributed by atoms with Crippen LogP contribution in [0.1, 0.15) is 0 Å². The molecular formula is C12H15N3O2S2. The Balaban J connectivity index is 1.88. The van der Waals surface area contributed by atoms with E-state index < -0.39 is 10.0 Å². The summed E-state index contributed by atoms with van der Waals surface area (Å²) in [7, 11) is 0.588. The number of hydrogen-bond donors (Lipinski definition) is 0. The van der Waals surface area contributed by atoms with Gasteiger partial charge in [0.15, 0.2) is 0 Å². The van der Waals surface area contributed by atoms with E-state index >= 15 is 0 Å². The van der Waals surface area contributed by atoms with E-state index in [2.05, 4.69) is 9.88 Å². The highest BCUT2D eigenvalue weighted by molar-refractivity contribution is 7.89. The number of sulfonamides is 1. The number of benzene rings is 1. The van der Waals surface area contributed by atoms with Gasteiger partial charge in [-0.15, -0.1) is 11.3 Å². The molecule has 0 amide bonds. The molecule has 1 aliphatic heterocycles. The highest BCUT2D eigenvalue weighted by atomic mass is 32.2. The maximum absolute atomic E-state index is 12.4. The van der Waals surface area contributed by atoms with Crippen LogP contribution in [0.2, 0.25) is 0 Å². The van der Waals surface area contributed by atoms with Crippen LogP contribution in [0.5, 0.6) is 0 Å². The smallest absolute Gasteiger partial charge is 0.243 e. The van der Waals surface area contributed by atoms with Crippen molar-refractivity contribution in [2.24, 2.45) is 0 Å². The van der Waals surface area contributed by atoms with Crippen LogP contribution >= 0.6 is 11.3 Å². The van der Waals surface area contributed by atoms with Crippen LogP contribution < -0.4 is 0 Å². The van der Waals surface area contributed by atoms with Crippen molar-refractivity contribution in [3.63, 3.8) is 0 Å². The summed E-state index contributed by atoms with van der Waals surface area (Å²) < 4.78 is 27.3. The van der Waals surface area contributed by atoms with Gasteiger partial charge in [-0.3, -0.25) is 0 Å². The van der Waals surface area contributed by atoms with E-state index in [-0.39, 0.29) is 0 Å². The maximum atomic E-state index is 12.4. The molecular weight excluding hydrogens is 282 g/mol. The molecule has 19 heavy (non-hydrogen) atoms. The third-order valence-corrected chi connectivity index (χ3v) is 6.12. The van der Waals surface area contributed by atoms with Crippen LogP contribution in [0.25, 0.3) is 10.2 Å². The fourth-order valence-corrected chi connectivity index (χ4v) is 4.42. The molecule has 0 unspecified atom stereocenters. The largest absolute Gasteiger partial charge is 0.304 e. The zero-order chi connectivity index (χ0) is 13.6. The van der Waals surface area contributed by atoms with Crippen LogP contribution in [-0.2, 0) is 10.0 Å². The highest BCUT2D eigenvalue weighted by Crippen LogP contribution is 2.27. The van der Waals surface area contributed by atoms with E-state index in [4.69, 9.17) is 0 Å². The Morgan fingerprint density at radius 1 is 1.37 bits per heavy atom. The van der Waals surface area contributed by atoms with Crippen molar-refractivity contribution in [3.05, 3.63) is 23.7 Å². The van der Waals surface area contributed by atoms with Crippen LogP contribution in [0, 0.1) is 0 Å². The summed E-state index contributed by atoms with van der Waals surface area (Å²) >= 11 is 1.46. The van der Waals surface area contributed by atoms with Gasteiger partial charge in [0.1, 0.15) is 0 Å². The van der Waals surface area contributed by atoms with Crippen molar-refractivity contribution in [2.45, 2.75) is 10.9 Å². The second-order valence-electron chi connectivity index (χ2n) is 4.92. The summed E-state index contributed by atoms with van der Waals surface area (Å²) in [6, 6.07) is 5.44. The predicted molar refractivity (Wildman–Crippen MR) is 75.9 cm³/mol. The molecule has 0 radical (unpaired) electrons. The number of thiazole rings is 1. The molecule has 0 atom stereocenters. The molecule has 0 N–H and O–H groups in total. The number of nitrogens with zero attached hydrogens (tertiary/aromatic N) is 3. The first-order valence-electron chi connectivity index (χ1n) is 5.98. The van der Waals surface area contributed by atoms with Gasteiger partial charge in [-0.1, -0.05) is 0 Å². The van der Waals surface area contributed by atoms with Gasteiger partial charge in [0, 0.05) is 19.1 Å². The Morgan fingerprint density at radius 3 is 2.79 bits per heavy atom. The first-order valence-corrected chi connectivity index (χ1v) is 8.30. The van der Waals surface area contributed by atoms with Crippen LogP contribution in [-0.4, -0.2) is 55.8 Å². The molecule has 1 aromatic carbocycles. The first-order chi connectivity index (χ1) is 8.98. The molecule has 2 heterocycles. The Kier molecular flexibility index (Phi) is 3.09. The number of rotatable bonds is 3. The summed E-state index contributed by atoms with van der Waals surface area (Å²) in [5.41, 5.74) is 2.57. The maximum Gasteiger partial charge on any atom is 0.243 e. The van der Waals surface area contributed by atoms with Gasteiger partial charge in [-0.25, -0.2) is 13.4 Å². The van der Waals surface area contributed by atoms with Gasteiger partial charge < -0.3 is 4.90 Å². The van der Waals surface area contributed by atoms with Gasteiger partial charge >= 0.3 is 0 Å². The molecule has 2 aromatic rings. The average Bonchev–Trinajstić information content (AvgIpc) is 2.72. The molecule has 0 bridgehead atoms. The summed E-state index contributed by atoms with van der Waals surface area (Å²) in [5, 5.41) is 0. The average molecular weight is 297 g/mol. The number of likely N-dealkylation sites (N-methyl/N-ethyl adjacent to an activating group) is 1. The summed E-state index contributed by atoms with van der Waals surface area (Å²) in [4.78, 5) is 6.58. The molecule has 1 saturated heterocycles. The molecule has 5 nitrogen and oxygen atoms in total. The van der Waals surface area contributed by atoms with Crippen molar-refractivity contribution in [1.29, 1.82) is 0 Å². The second kappa shape index (κ2) is 4.52. The normalized spacial score (nSPS) is 18.1. The Bertz CT molecular complexity index is 703. The Labute approximate surface area is 116 Å². The minimum Gasteiger partial charge on any atom is -0.304 e. The molecule has 0 spiro atoms. The third kappa shape index (κ3) is 2.16. The second-order valence-corrected chi connectivity index (χ2v) is 7.75. The van der Waals surface area contributed by atoms with Gasteiger partial charge in [0.2, 0.25) is 10.0 Å². The van der Waals surface area contributed by atoms with Gasteiger partial charge in [0.05, 0.1) is 20.6 Å². The van der Waals surface area contributed by atoms with Crippen LogP contribution in [0.3, 0.4) is 0 Å². The molecule has 1 aliphatic rings.